The smallest absolute Gasteiger partial charge is 0.414 e. The summed E-state index contributed by atoms with van der Waals surface area (Å²) in [6.07, 6.45) is 0.628. The fraction of sp³-hybridized carbons (Fsp3) is 0.379. The van der Waals surface area contributed by atoms with Crippen molar-refractivity contribution < 1.29 is 36.6 Å². The molecular formula is C29H36F2N6O6S. The van der Waals surface area contributed by atoms with Crippen molar-refractivity contribution >= 4 is 39.5 Å². The molecule has 238 valence electrons. The highest BCUT2D eigenvalue weighted by atomic mass is 32.2. The van der Waals surface area contributed by atoms with Crippen molar-refractivity contribution in [2.45, 2.75) is 51.1 Å². The van der Waals surface area contributed by atoms with Gasteiger partial charge < -0.3 is 25.0 Å². The zero-order valence-corrected chi connectivity index (χ0v) is 26.1. The maximum atomic E-state index is 14.1. The number of carbonyl (C=O) groups excluding carboxylic acids is 1. The minimum atomic E-state index is -4.49. The van der Waals surface area contributed by atoms with E-state index >= 15 is 0 Å². The highest BCUT2D eigenvalue weighted by Gasteiger charge is 2.33. The second-order valence-electron chi connectivity index (χ2n) is 10.2. The Hall–Kier alpha value is -4.53. The van der Waals surface area contributed by atoms with E-state index < -0.39 is 50.7 Å². The first kappa shape index (κ1) is 34.0. The Morgan fingerprint density at radius 2 is 1.66 bits per heavy atom. The Labute approximate surface area is 255 Å². The van der Waals surface area contributed by atoms with E-state index in [0.717, 1.165) is 10.4 Å². The molecule has 0 aliphatic carbocycles. The molecular weight excluding hydrogens is 598 g/mol. The van der Waals surface area contributed by atoms with E-state index in [1.165, 1.54) is 37.3 Å². The van der Waals surface area contributed by atoms with Crippen LogP contribution in [0.2, 0.25) is 0 Å². The molecule has 1 heterocycles. The topological polar surface area (TPSA) is 145 Å². The molecule has 0 aliphatic heterocycles. The van der Waals surface area contributed by atoms with Crippen LogP contribution in [0.4, 0.5) is 31.0 Å². The van der Waals surface area contributed by atoms with E-state index in [1.807, 2.05) is 13.8 Å². The van der Waals surface area contributed by atoms with Gasteiger partial charge in [0.05, 0.1) is 11.1 Å². The fourth-order valence-electron chi connectivity index (χ4n) is 4.22. The molecule has 0 saturated heterocycles. The number of carbonyl (C=O) groups is 2. The monoisotopic (exact) mass is 634 g/mol. The molecule has 2 N–H and O–H groups in total. The number of benzene rings is 2. The second kappa shape index (κ2) is 14.3. The zero-order valence-electron chi connectivity index (χ0n) is 25.3. The van der Waals surface area contributed by atoms with Gasteiger partial charge >= 0.3 is 12.1 Å². The summed E-state index contributed by atoms with van der Waals surface area (Å²) in [4.78, 5) is 35.7. The molecule has 3 rings (SSSR count). The van der Waals surface area contributed by atoms with E-state index in [4.69, 9.17) is 4.74 Å². The van der Waals surface area contributed by atoms with Crippen LogP contribution in [0.3, 0.4) is 0 Å². The number of rotatable bonds is 13. The minimum Gasteiger partial charge on any atom is -0.480 e. The van der Waals surface area contributed by atoms with Gasteiger partial charge in [0.25, 0.3) is 10.0 Å². The largest absolute Gasteiger partial charge is 0.480 e. The Morgan fingerprint density at radius 3 is 2.18 bits per heavy atom. The van der Waals surface area contributed by atoms with Gasteiger partial charge in [0.2, 0.25) is 5.95 Å². The number of hydrogen-bond acceptors (Lipinski definition) is 9. The van der Waals surface area contributed by atoms with Crippen molar-refractivity contribution in [3.63, 3.8) is 0 Å². The molecule has 15 heteroatoms. The lowest BCUT2D eigenvalue weighted by Gasteiger charge is -2.31. The number of anilines is 3. The molecule has 1 unspecified atom stereocenters. The predicted octanol–water partition coefficient (Wildman–Crippen LogP) is 4.37. The molecule has 0 saturated carbocycles. The summed E-state index contributed by atoms with van der Waals surface area (Å²) in [6.45, 7) is 7.92. The zero-order chi connectivity index (χ0) is 32.8. The Bertz CT molecular complexity index is 1580. The lowest BCUT2D eigenvalue weighted by Crippen LogP contribution is -2.39. The van der Waals surface area contributed by atoms with Crippen LogP contribution < -0.4 is 19.3 Å². The van der Waals surface area contributed by atoms with Crippen molar-refractivity contribution in [1.29, 1.82) is 0 Å². The molecule has 0 fully saturated rings. The predicted molar refractivity (Wildman–Crippen MR) is 162 cm³/mol. The molecule has 12 nitrogen and oxygen atoms in total. The Balaban J connectivity index is 2.07. The van der Waals surface area contributed by atoms with E-state index in [1.54, 1.807) is 30.9 Å². The second-order valence-corrected chi connectivity index (χ2v) is 12.0. The maximum absolute atomic E-state index is 14.1. The summed E-state index contributed by atoms with van der Waals surface area (Å²) in [7, 11) is -1.42. The number of nitrogens with one attached hydrogen (secondary N) is 1. The van der Waals surface area contributed by atoms with Gasteiger partial charge in [-0.25, -0.2) is 31.8 Å². The quantitative estimate of drug-likeness (QED) is 0.278. The SMILES string of the molecule is CCN(CC)c1ncc(N(C(C)C)S(=O)(=O)c2ccc(F)c(F)c2)c(NC(Cc2ccc(OC(=O)N(C)C)cc2)C(=O)O)n1. The third-order valence-electron chi connectivity index (χ3n) is 6.50. The van der Waals surface area contributed by atoms with Crippen LogP contribution in [0.1, 0.15) is 33.3 Å². The molecule has 1 aromatic heterocycles. The average molecular weight is 635 g/mol. The van der Waals surface area contributed by atoms with Gasteiger partial charge in [0.15, 0.2) is 17.5 Å². The van der Waals surface area contributed by atoms with Crippen molar-refractivity contribution in [2.24, 2.45) is 0 Å². The molecule has 0 radical (unpaired) electrons. The average Bonchev–Trinajstić information content (AvgIpc) is 2.96. The number of halogens is 2. The molecule has 2 aromatic carbocycles. The molecule has 1 atom stereocenters. The maximum Gasteiger partial charge on any atom is 0.414 e. The first-order chi connectivity index (χ1) is 20.7. The number of hydrogen-bond donors (Lipinski definition) is 2. The number of nitrogens with zero attached hydrogens (tertiary/aromatic N) is 5. The van der Waals surface area contributed by atoms with Crippen molar-refractivity contribution in [3.8, 4) is 5.75 Å². The molecule has 1 amide bonds. The molecule has 0 bridgehead atoms. The first-order valence-electron chi connectivity index (χ1n) is 13.8. The fourth-order valence-corrected chi connectivity index (χ4v) is 5.88. The Morgan fingerprint density at radius 1 is 1.02 bits per heavy atom. The Kier molecular flexibility index (Phi) is 11.0. The van der Waals surface area contributed by atoms with E-state index in [9.17, 15) is 31.9 Å². The lowest BCUT2D eigenvalue weighted by atomic mass is 10.1. The van der Waals surface area contributed by atoms with Gasteiger partial charge in [-0.2, -0.15) is 4.98 Å². The first-order valence-corrected chi connectivity index (χ1v) is 15.2. The van der Waals surface area contributed by atoms with E-state index in [2.05, 4.69) is 15.3 Å². The van der Waals surface area contributed by atoms with Gasteiger partial charge in [0.1, 0.15) is 17.5 Å². The van der Waals surface area contributed by atoms with Crippen LogP contribution >= 0.6 is 0 Å². The van der Waals surface area contributed by atoms with Crippen LogP contribution in [0.25, 0.3) is 0 Å². The van der Waals surface area contributed by atoms with Crippen LogP contribution in [0.15, 0.2) is 53.6 Å². The van der Waals surface area contributed by atoms with Crippen LogP contribution in [-0.2, 0) is 21.2 Å². The summed E-state index contributed by atoms with van der Waals surface area (Å²) < 4.78 is 61.4. The van der Waals surface area contributed by atoms with E-state index in [-0.39, 0.29) is 29.6 Å². The van der Waals surface area contributed by atoms with Gasteiger partial charge in [-0.1, -0.05) is 12.1 Å². The molecule has 44 heavy (non-hydrogen) atoms. The third-order valence-corrected chi connectivity index (χ3v) is 8.49. The standard InChI is InChI=1S/C29H36F2N6O6S/c1-7-36(8-2)28-32-17-25(37(18(3)4)44(41,42)21-13-14-22(30)23(31)16-21)26(34-28)33-24(27(38)39)15-19-9-11-20(12-10-19)43-29(40)35(5)6/h9-14,16-18,24H,7-8,15H2,1-6H3,(H,38,39)(H,32,33,34). The normalized spacial score (nSPS) is 12.0. The van der Waals surface area contributed by atoms with Crippen LogP contribution in [-0.4, -0.2) is 79.7 Å². The highest BCUT2D eigenvalue weighted by molar-refractivity contribution is 7.92. The molecule has 3 aromatic rings. The number of carboxylic acids is 1. The molecule has 0 spiro atoms. The summed E-state index contributed by atoms with van der Waals surface area (Å²) in [5, 5.41) is 13.0. The van der Waals surface area contributed by atoms with Gasteiger partial charge in [-0.15, -0.1) is 0 Å². The van der Waals surface area contributed by atoms with Crippen LogP contribution in [0, 0.1) is 11.6 Å². The number of aromatic nitrogens is 2. The summed E-state index contributed by atoms with van der Waals surface area (Å²) >= 11 is 0. The third kappa shape index (κ3) is 7.89. The summed E-state index contributed by atoms with van der Waals surface area (Å²) in [5.74, 6) is -3.39. The van der Waals surface area contributed by atoms with E-state index in [0.29, 0.717) is 30.8 Å². The number of ether oxygens (including phenoxy) is 1. The number of amides is 1. The number of aliphatic carboxylic acids is 1. The minimum absolute atomic E-state index is 0.0567. The molecule has 0 aliphatic rings. The van der Waals surface area contributed by atoms with Crippen molar-refractivity contribution in [2.75, 3.05) is 41.7 Å². The van der Waals surface area contributed by atoms with Gasteiger partial charge in [0, 0.05) is 39.6 Å². The van der Waals surface area contributed by atoms with Crippen LogP contribution in [0.5, 0.6) is 5.75 Å². The highest BCUT2D eigenvalue weighted by Crippen LogP contribution is 2.33. The number of carboxylic acid groups (broad SMARTS) is 1. The van der Waals surface area contributed by atoms with Gasteiger partial charge in [-0.3, -0.25) is 4.31 Å². The summed E-state index contributed by atoms with van der Waals surface area (Å²) in [5.41, 5.74) is 0.488. The van der Waals surface area contributed by atoms with Gasteiger partial charge in [-0.05, 0) is 63.6 Å². The lowest BCUT2D eigenvalue weighted by molar-refractivity contribution is -0.137. The summed E-state index contributed by atoms with van der Waals surface area (Å²) in [6, 6.07) is 6.45. The number of sulfonamides is 1. The van der Waals surface area contributed by atoms with Crippen molar-refractivity contribution in [1.82, 2.24) is 14.9 Å². The van der Waals surface area contributed by atoms with Crippen molar-refractivity contribution in [3.05, 3.63) is 65.9 Å².